The molecule has 0 unspecified atom stereocenters. The van der Waals surface area contributed by atoms with Crippen molar-refractivity contribution in [1.82, 2.24) is 10.3 Å². The van der Waals surface area contributed by atoms with Crippen LogP contribution in [0.25, 0.3) is 0 Å². The second-order valence-corrected chi connectivity index (χ2v) is 4.56. The fourth-order valence-electron chi connectivity index (χ4n) is 2.29. The van der Waals surface area contributed by atoms with Crippen LogP contribution in [0.3, 0.4) is 0 Å². The first-order valence-electron chi connectivity index (χ1n) is 6.80. The van der Waals surface area contributed by atoms with Crippen LogP contribution in [0.4, 0.5) is 5.69 Å². The summed E-state index contributed by atoms with van der Waals surface area (Å²) in [5.74, 6) is 6.31. The Labute approximate surface area is 114 Å². The molecule has 0 atom stereocenters. The number of ether oxygens (including phenoxy) is 1. The van der Waals surface area contributed by atoms with E-state index in [4.69, 9.17) is 10.6 Å². The monoisotopic (exact) mass is 262 g/mol. The summed E-state index contributed by atoms with van der Waals surface area (Å²) in [5.41, 5.74) is 3.61. The van der Waals surface area contributed by atoms with Gasteiger partial charge in [-0.05, 0) is 31.9 Å². The molecule has 0 spiro atoms. The molecule has 1 saturated heterocycles. The van der Waals surface area contributed by atoms with Crippen LogP contribution < -0.4 is 11.3 Å². The van der Waals surface area contributed by atoms with Crippen molar-refractivity contribution in [2.75, 3.05) is 19.7 Å². The smallest absolute Gasteiger partial charge is 0.213 e. The molecule has 104 valence electrons. The molecule has 5 nitrogen and oxygen atoms in total. The van der Waals surface area contributed by atoms with E-state index >= 15 is 0 Å². The van der Waals surface area contributed by atoms with Crippen LogP contribution in [0.2, 0.25) is 0 Å². The Morgan fingerprint density at radius 3 is 2.63 bits per heavy atom. The van der Waals surface area contributed by atoms with Gasteiger partial charge in [0.25, 0.3) is 0 Å². The van der Waals surface area contributed by atoms with E-state index in [9.17, 15) is 0 Å². The normalized spacial score (nSPS) is 17.6. The minimum atomic E-state index is 0.372. The van der Waals surface area contributed by atoms with Gasteiger partial charge in [0.2, 0.25) is 5.96 Å². The van der Waals surface area contributed by atoms with Crippen molar-refractivity contribution in [3.05, 3.63) is 30.3 Å². The number of hydrogen-bond donors (Lipinski definition) is 2. The van der Waals surface area contributed by atoms with Crippen molar-refractivity contribution in [3.63, 3.8) is 0 Å². The minimum absolute atomic E-state index is 0.372. The summed E-state index contributed by atoms with van der Waals surface area (Å²) in [7, 11) is 0. The molecule has 0 radical (unpaired) electrons. The van der Waals surface area contributed by atoms with Crippen LogP contribution in [0.1, 0.15) is 19.8 Å². The maximum Gasteiger partial charge on any atom is 0.213 e. The molecule has 3 N–H and O–H groups in total. The number of nitrogens with one attached hydrogen (secondary N) is 1. The van der Waals surface area contributed by atoms with Gasteiger partial charge in [0, 0.05) is 19.7 Å². The van der Waals surface area contributed by atoms with Crippen molar-refractivity contribution in [2.24, 2.45) is 10.8 Å². The fourth-order valence-corrected chi connectivity index (χ4v) is 2.29. The third kappa shape index (κ3) is 3.94. The van der Waals surface area contributed by atoms with E-state index in [1.54, 1.807) is 0 Å². The van der Waals surface area contributed by atoms with Gasteiger partial charge < -0.3 is 9.64 Å². The quantitative estimate of drug-likeness (QED) is 0.376. The van der Waals surface area contributed by atoms with Crippen LogP contribution in [-0.4, -0.2) is 36.7 Å². The van der Waals surface area contributed by atoms with E-state index in [-0.39, 0.29) is 0 Å². The van der Waals surface area contributed by atoms with Gasteiger partial charge in [0.15, 0.2) is 0 Å². The van der Waals surface area contributed by atoms with Gasteiger partial charge in [-0.3, -0.25) is 5.43 Å². The maximum atomic E-state index is 5.64. The Morgan fingerprint density at radius 1 is 1.37 bits per heavy atom. The standard InChI is InChI=1S/C14H22N4O/c1-2-19-13-8-10-18(11-9-13)14(17-15)16-12-6-4-3-5-7-12/h3-7,13H,2,8-11,15H2,1H3,(H,16,17). The molecule has 1 fully saturated rings. The summed E-state index contributed by atoms with van der Waals surface area (Å²) < 4.78 is 5.64. The molecule has 2 rings (SSSR count). The highest BCUT2D eigenvalue weighted by Crippen LogP contribution is 2.16. The van der Waals surface area contributed by atoms with Crippen molar-refractivity contribution < 1.29 is 4.74 Å². The molecule has 5 heteroatoms. The fraction of sp³-hybridized carbons (Fsp3) is 0.500. The number of nitrogens with zero attached hydrogens (tertiary/aromatic N) is 2. The SMILES string of the molecule is CCOC1CCN(C(=Nc2ccccc2)NN)CC1. The van der Waals surface area contributed by atoms with E-state index in [1.165, 1.54) is 0 Å². The zero-order valence-corrected chi connectivity index (χ0v) is 11.4. The van der Waals surface area contributed by atoms with Gasteiger partial charge in [0.05, 0.1) is 11.8 Å². The minimum Gasteiger partial charge on any atom is -0.378 e. The highest BCUT2D eigenvalue weighted by atomic mass is 16.5. The van der Waals surface area contributed by atoms with E-state index in [0.717, 1.165) is 44.2 Å². The Hall–Kier alpha value is -1.59. The van der Waals surface area contributed by atoms with Crippen molar-refractivity contribution >= 4 is 11.6 Å². The molecular formula is C14H22N4O. The molecule has 1 aliphatic rings. The number of guanidine groups is 1. The summed E-state index contributed by atoms with van der Waals surface area (Å²) in [5, 5.41) is 0. The maximum absolute atomic E-state index is 5.64. The number of para-hydroxylation sites is 1. The molecule has 1 heterocycles. The molecular weight excluding hydrogens is 240 g/mol. The number of benzene rings is 1. The lowest BCUT2D eigenvalue weighted by Gasteiger charge is -2.33. The first-order chi connectivity index (χ1) is 9.33. The molecule has 0 aromatic heterocycles. The average molecular weight is 262 g/mol. The molecule has 1 aliphatic heterocycles. The lowest BCUT2D eigenvalue weighted by molar-refractivity contribution is 0.0264. The third-order valence-corrected chi connectivity index (χ3v) is 3.26. The number of aliphatic imine (C=N–C) groups is 1. The van der Waals surface area contributed by atoms with E-state index < -0.39 is 0 Å². The summed E-state index contributed by atoms with van der Waals surface area (Å²) >= 11 is 0. The summed E-state index contributed by atoms with van der Waals surface area (Å²) in [6, 6.07) is 9.83. The van der Waals surface area contributed by atoms with Crippen LogP contribution in [-0.2, 0) is 4.74 Å². The third-order valence-electron chi connectivity index (χ3n) is 3.26. The number of hydrazine groups is 1. The lowest BCUT2D eigenvalue weighted by atomic mass is 10.1. The first kappa shape index (κ1) is 13.8. The Bertz CT molecular complexity index is 399. The molecule has 0 bridgehead atoms. The number of piperidine rings is 1. The highest BCUT2D eigenvalue weighted by Gasteiger charge is 2.21. The number of likely N-dealkylation sites (tertiary alicyclic amines) is 1. The molecule has 0 aliphatic carbocycles. The number of nitrogens with two attached hydrogens (primary N) is 1. The van der Waals surface area contributed by atoms with Gasteiger partial charge in [-0.15, -0.1) is 0 Å². The second-order valence-electron chi connectivity index (χ2n) is 4.56. The zero-order chi connectivity index (χ0) is 13.5. The predicted molar refractivity (Wildman–Crippen MR) is 77.1 cm³/mol. The molecule has 19 heavy (non-hydrogen) atoms. The molecule has 0 saturated carbocycles. The summed E-state index contributed by atoms with van der Waals surface area (Å²) in [6.07, 6.45) is 2.41. The Balaban J connectivity index is 1.98. The van der Waals surface area contributed by atoms with Crippen LogP contribution in [0.5, 0.6) is 0 Å². The summed E-state index contributed by atoms with van der Waals surface area (Å²) in [4.78, 5) is 6.71. The number of hydrogen-bond acceptors (Lipinski definition) is 3. The topological polar surface area (TPSA) is 62.9 Å². The largest absolute Gasteiger partial charge is 0.378 e. The lowest BCUT2D eigenvalue weighted by Crippen LogP contribution is -2.49. The van der Waals surface area contributed by atoms with E-state index in [1.807, 2.05) is 37.3 Å². The van der Waals surface area contributed by atoms with Crippen molar-refractivity contribution in [3.8, 4) is 0 Å². The van der Waals surface area contributed by atoms with Crippen molar-refractivity contribution in [1.29, 1.82) is 0 Å². The Kier molecular flexibility index (Phi) is 5.18. The molecule has 0 amide bonds. The van der Waals surface area contributed by atoms with Crippen LogP contribution in [0, 0.1) is 0 Å². The first-order valence-corrected chi connectivity index (χ1v) is 6.80. The van der Waals surface area contributed by atoms with Gasteiger partial charge in [-0.25, -0.2) is 10.8 Å². The highest BCUT2D eigenvalue weighted by molar-refractivity contribution is 5.82. The zero-order valence-electron chi connectivity index (χ0n) is 11.4. The predicted octanol–water partition coefficient (Wildman–Crippen LogP) is 1.64. The van der Waals surface area contributed by atoms with Crippen molar-refractivity contribution in [2.45, 2.75) is 25.9 Å². The Morgan fingerprint density at radius 2 is 2.05 bits per heavy atom. The average Bonchev–Trinajstić information content (AvgIpc) is 2.47. The second kappa shape index (κ2) is 7.11. The van der Waals surface area contributed by atoms with Gasteiger partial charge >= 0.3 is 0 Å². The van der Waals surface area contributed by atoms with Gasteiger partial charge in [-0.2, -0.15) is 0 Å². The molecule has 1 aromatic rings. The summed E-state index contributed by atoms with van der Waals surface area (Å²) in [6.45, 7) is 4.65. The number of rotatable bonds is 3. The van der Waals surface area contributed by atoms with E-state index in [2.05, 4.69) is 15.3 Å². The van der Waals surface area contributed by atoms with Crippen LogP contribution in [0.15, 0.2) is 35.3 Å². The van der Waals surface area contributed by atoms with E-state index in [0.29, 0.717) is 6.10 Å². The van der Waals surface area contributed by atoms with Gasteiger partial charge in [0.1, 0.15) is 0 Å². The van der Waals surface area contributed by atoms with Gasteiger partial charge in [-0.1, -0.05) is 18.2 Å². The van der Waals surface area contributed by atoms with Crippen LogP contribution >= 0.6 is 0 Å². The molecule has 1 aromatic carbocycles.